The van der Waals surface area contributed by atoms with Gasteiger partial charge in [-0.3, -0.25) is 0 Å². The standard InChI is InChI=1S/C10H17NO2/c12-10(13)4-8-11-5-1-9(2-6-11)3-7-11/h9H,1-8H2. The van der Waals surface area contributed by atoms with Crippen LogP contribution in [0.15, 0.2) is 0 Å². The normalized spacial score (nSPS) is 37.7. The lowest BCUT2D eigenvalue weighted by molar-refractivity contribution is -0.942. The van der Waals surface area contributed by atoms with E-state index >= 15 is 0 Å². The van der Waals surface area contributed by atoms with E-state index in [4.69, 9.17) is 0 Å². The van der Waals surface area contributed by atoms with Crippen molar-refractivity contribution in [1.82, 2.24) is 0 Å². The number of hydrogen-bond donors (Lipinski definition) is 0. The zero-order valence-corrected chi connectivity index (χ0v) is 8.00. The molecule has 2 bridgehead atoms. The number of aliphatic carboxylic acids is 1. The van der Waals surface area contributed by atoms with Gasteiger partial charge in [-0.1, -0.05) is 0 Å². The van der Waals surface area contributed by atoms with Gasteiger partial charge in [-0.2, -0.15) is 0 Å². The van der Waals surface area contributed by atoms with E-state index in [-0.39, 0.29) is 6.42 Å². The number of fused-ring (bicyclic) bond motifs is 3. The lowest BCUT2D eigenvalue weighted by Crippen LogP contribution is -2.59. The third-order valence-electron chi connectivity index (χ3n) is 3.83. The average molecular weight is 183 g/mol. The molecule has 13 heavy (non-hydrogen) atoms. The second-order valence-corrected chi connectivity index (χ2v) is 4.59. The van der Waals surface area contributed by atoms with Crippen molar-refractivity contribution >= 4 is 5.97 Å². The van der Waals surface area contributed by atoms with Crippen LogP contribution < -0.4 is 5.11 Å². The highest BCUT2D eigenvalue weighted by Crippen LogP contribution is 2.33. The molecular weight excluding hydrogens is 166 g/mol. The van der Waals surface area contributed by atoms with Gasteiger partial charge in [-0.25, -0.2) is 0 Å². The van der Waals surface area contributed by atoms with Crippen molar-refractivity contribution in [2.24, 2.45) is 5.92 Å². The predicted octanol–water partition coefficient (Wildman–Crippen LogP) is -0.243. The molecule has 3 aliphatic rings. The van der Waals surface area contributed by atoms with Crippen LogP contribution >= 0.6 is 0 Å². The molecule has 0 atom stereocenters. The van der Waals surface area contributed by atoms with E-state index < -0.39 is 5.97 Å². The fourth-order valence-corrected chi connectivity index (χ4v) is 2.80. The van der Waals surface area contributed by atoms with Crippen molar-refractivity contribution in [3.8, 4) is 0 Å². The Hall–Kier alpha value is -0.570. The number of carbonyl (C=O) groups excluding carboxylic acids is 1. The third kappa shape index (κ3) is 1.85. The zero-order chi connectivity index (χ0) is 9.31. The molecule has 3 rings (SSSR count). The number of carboxylic acids is 1. The Morgan fingerprint density at radius 1 is 1.23 bits per heavy atom. The molecule has 0 aromatic heterocycles. The Morgan fingerprint density at radius 2 is 1.77 bits per heavy atom. The number of hydrogen-bond acceptors (Lipinski definition) is 2. The van der Waals surface area contributed by atoms with Crippen LogP contribution in [0.2, 0.25) is 0 Å². The molecule has 3 nitrogen and oxygen atoms in total. The highest BCUT2D eigenvalue weighted by Gasteiger charge is 2.38. The average Bonchev–Trinajstić information content (AvgIpc) is 2.18. The van der Waals surface area contributed by atoms with E-state index in [1.54, 1.807) is 0 Å². The fraction of sp³-hybridized carbons (Fsp3) is 0.900. The molecule has 0 spiro atoms. The molecule has 0 amide bonds. The molecule has 3 aliphatic heterocycles. The van der Waals surface area contributed by atoms with Crippen molar-refractivity contribution in [3.63, 3.8) is 0 Å². The Bertz CT molecular complexity index is 193. The summed E-state index contributed by atoms with van der Waals surface area (Å²) in [5.74, 6) is 0.0585. The van der Waals surface area contributed by atoms with Crippen molar-refractivity contribution < 1.29 is 14.4 Å². The molecule has 3 saturated heterocycles. The maximum Gasteiger partial charge on any atom is 0.0839 e. The summed E-state index contributed by atoms with van der Waals surface area (Å²) in [6.07, 6.45) is 4.18. The van der Waals surface area contributed by atoms with Gasteiger partial charge < -0.3 is 14.4 Å². The quantitative estimate of drug-likeness (QED) is 0.566. The number of carbonyl (C=O) groups is 1. The smallest absolute Gasteiger partial charge is 0.0839 e. The van der Waals surface area contributed by atoms with Gasteiger partial charge in [0.05, 0.1) is 26.2 Å². The lowest BCUT2D eigenvalue weighted by atomic mass is 9.85. The minimum absolute atomic E-state index is 0.241. The zero-order valence-electron chi connectivity index (χ0n) is 8.00. The summed E-state index contributed by atoms with van der Waals surface area (Å²) in [6, 6.07) is 0. The second kappa shape index (κ2) is 3.29. The summed E-state index contributed by atoms with van der Waals surface area (Å²) < 4.78 is 1.06. The fourth-order valence-electron chi connectivity index (χ4n) is 2.80. The molecule has 0 N–H and O–H groups in total. The molecule has 3 fully saturated rings. The van der Waals surface area contributed by atoms with E-state index in [1.165, 1.54) is 38.9 Å². The summed E-state index contributed by atoms with van der Waals surface area (Å²) in [5, 5.41) is 10.4. The monoisotopic (exact) mass is 183 g/mol. The highest BCUT2D eigenvalue weighted by molar-refractivity contribution is 5.64. The first-order valence-corrected chi connectivity index (χ1v) is 5.25. The molecule has 0 aliphatic carbocycles. The van der Waals surface area contributed by atoms with E-state index in [0.717, 1.165) is 16.9 Å². The molecule has 0 saturated carbocycles. The van der Waals surface area contributed by atoms with Crippen molar-refractivity contribution in [2.45, 2.75) is 25.7 Å². The molecular formula is C10H17NO2. The number of carboxylic acid groups (broad SMARTS) is 1. The Balaban J connectivity index is 1.91. The van der Waals surface area contributed by atoms with Crippen LogP contribution in [-0.2, 0) is 4.79 Å². The third-order valence-corrected chi connectivity index (χ3v) is 3.83. The minimum Gasteiger partial charge on any atom is -0.550 e. The molecule has 0 unspecified atom stereocenters. The van der Waals surface area contributed by atoms with Gasteiger partial charge in [0, 0.05) is 12.4 Å². The maximum atomic E-state index is 10.4. The van der Waals surface area contributed by atoms with E-state index in [1.807, 2.05) is 0 Å². The Kier molecular flexibility index (Phi) is 2.28. The van der Waals surface area contributed by atoms with E-state index in [2.05, 4.69) is 0 Å². The maximum absolute atomic E-state index is 10.4. The van der Waals surface area contributed by atoms with Crippen LogP contribution in [0.3, 0.4) is 0 Å². The van der Waals surface area contributed by atoms with E-state index in [0.29, 0.717) is 0 Å². The number of rotatable bonds is 3. The number of quaternary nitrogens is 1. The minimum atomic E-state index is -0.889. The van der Waals surface area contributed by atoms with Crippen LogP contribution in [0, 0.1) is 5.92 Å². The van der Waals surface area contributed by atoms with Gasteiger partial charge in [-0.05, 0) is 25.2 Å². The summed E-state index contributed by atoms with van der Waals surface area (Å²) in [6.45, 7) is 4.42. The molecule has 3 heteroatoms. The van der Waals surface area contributed by atoms with Crippen LogP contribution in [0.5, 0.6) is 0 Å². The van der Waals surface area contributed by atoms with Crippen molar-refractivity contribution in [2.75, 3.05) is 26.2 Å². The Morgan fingerprint density at radius 3 is 2.23 bits per heavy atom. The van der Waals surface area contributed by atoms with Gasteiger partial charge in [0.25, 0.3) is 0 Å². The lowest BCUT2D eigenvalue weighted by Gasteiger charge is -2.49. The largest absolute Gasteiger partial charge is 0.550 e. The van der Waals surface area contributed by atoms with Gasteiger partial charge >= 0.3 is 0 Å². The summed E-state index contributed by atoms with van der Waals surface area (Å²) >= 11 is 0. The summed E-state index contributed by atoms with van der Waals surface area (Å²) in [7, 11) is 0. The molecule has 74 valence electrons. The van der Waals surface area contributed by atoms with Crippen LogP contribution in [-0.4, -0.2) is 36.6 Å². The van der Waals surface area contributed by atoms with Crippen LogP contribution in [0.4, 0.5) is 0 Å². The van der Waals surface area contributed by atoms with Crippen molar-refractivity contribution in [3.05, 3.63) is 0 Å². The summed E-state index contributed by atoms with van der Waals surface area (Å²) in [4.78, 5) is 10.4. The number of nitrogens with zero attached hydrogens (tertiary/aromatic N) is 1. The van der Waals surface area contributed by atoms with Crippen LogP contribution in [0.25, 0.3) is 0 Å². The predicted molar refractivity (Wildman–Crippen MR) is 46.7 cm³/mol. The number of piperidine rings is 3. The topological polar surface area (TPSA) is 40.1 Å². The van der Waals surface area contributed by atoms with Gasteiger partial charge in [0.15, 0.2) is 0 Å². The van der Waals surface area contributed by atoms with E-state index in [9.17, 15) is 9.90 Å². The van der Waals surface area contributed by atoms with Gasteiger partial charge in [0.1, 0.15) is 0 Å². The first-order chi connectivity index (χ1) is 6.20. The first-order valence-electron chi connectivity index (χ1n) is 5.25. The molecule has 0 aromatic rings. The summed E-state index contributed by atoms with van der Waals surface area (Å²) in [5.41, 5.74) is 0. The Labute approximate surface area is 78.9 Å². The van der Waals surface area contributed by atoms with Crippen LogP contribution in [0.1, 0.15) is 25.7 Å². The molecule has 3 heterocycles. The second-order valence-electron chi connectivity index (χ2n) is 4.59. The SMILES string of the molecule is O=C([O-])CC[N+]12CCC(CC1)CC2. The van der Waals surface area contributed by atoms with Gasteiger partial charge in [0.2, 0.25) is 0 Å². The van der Waals surface area contributed by atoms with Crippen molar-refractivity contribution in [1.29, 1.82) is 0 Å². The highest BCUT2D eigenvalue weighted by atomic mass is 16.4. The van der Waals surface area contributed by atoms with Gasteiger partial charge in [-0.15, -0.1) is 0 Å². The molecule has 0 aromatic carbocycles. The first kappa shape index (κ1) is 9.00. The molecule has 0 radical (unpaired) electrons.